The Hall–Kier alpha value is -1.94. The summed E-state index contributed by atoms with van der Waals surface area (Å²) in [5, 5.41) is 10.7. The second-order valence-corrected chi connectivity index (χ2v) is 34.8. The van der Waals surface area contributed by atoms with E-state index in [1.807, 2.05) is 0 Å². The van der Waals surface area contributed by atoms with Gasteiger partial charge in [0.1, 0.15) is 19.3 Å². The van der Waals surface area contributed by atoms with Crippen molar-refractivity contribution in [2.24, 2.45) is 11.8 Å². The second-order valence-electron chi connectivity index (χ2n) is 31.9. The molecule has 3 N–H and O–H groups in total. The maximum Gasteiger partial charge on any atom is 0.472 e. The van der Waals surface area contributed by atoms with Crippen LogP contribution >= 0.6 is 15.6 Å². The van der Waals surface area contributed by atoms with Crippen molar-refractivity contribution in [1.29, 1.82) is 0 Å². The van der Waals surface area contributed by atoms with Crippen LogP contribution in [0.15, 0.2) is 0 Å². The van der Waals surface area contributed by atoms with Crippen molar-refractivity contribution >= 4 is 39.5 Å². The minimum atomic E-state index is -4.96. The Morgan fingerprint density at radius 1 is 0.257 bits per heavy atom. The number of carbonyl (C=O) groups excluding carboxylic acids is 4. The van der Waals surface area contributed by atoms with Crippen molar-refractivity contribution < 1.29 is 80.2 Å². The number of phosphoric acid groups is 2. The fourth-order valence-corrected chi connectivity index (χ4v) is 15.0. The van der Waals surface area contributed by atoms with Gasteiger partial charge in [0.05, 0.1) is 26.4 Å². The fraction of sp³-hybridized carbons (Fsp3) is 0.953. The predicted molar refractivity (Wildman–Crippen MR) is 432 cm³/mol. The van der Waals surface area contributed by atoms with Crippen molar-refractivity contribution in [3.63, 3.8) is 0 Å². The zero-order valence-electron chi connectivity index (χ0n) is 69.0. The number of aliphatic hydroxyl groups is 1. The first kappa shape index (κ1) is 103. The fourth-order valence-electron chi connectivity index (χ4n) is 13.4. The van der Waals surface area contributed by atoms with Crippen LogP contribution in [0, 0.1) is 11.8 Å². The zero-order valence-corrected chi connectivity index (χ0v) is 70.8. The van der Waals surface area contributed by atoms with Gasteiger partial charge in [-0.25, -0.2) is 9.13 Å². The number of ether oxygens (including phenoxy) is 4. The molecule has 0 rings (SSSR count). The van der Waals surface area contributed by atoms with Crippen LogP contribution in [0.1, 0.15) is 459 Å². The number of carbonyl (C=O) groups is 4. The Morgan fingerprint density at radius 3 is 0.648 bits per heavy atom. The molecule has 0 aliphatic heterocycles. The lowest BCUT2D eigenvalue weighted by atomic mass is 10.0. The highest BCUT2D eigenvalue weighted by Gasteiger charge is 2.30. The molecule has 0 heterocycles. The maximum absolute atomic E-state index is 13.1. The highest BCUT2D eigenvalue weighted by Crippen LogP contribution is 2.45. The molecule has 19 heteroatoms. The van der Waals surface area contributed by atoms with Gasteiger partial charge in [0.25, 0.3) is 0 Å². The van der Waals surface area contributed by atoms with Gasteiger partial charge in [-0.2, -0.15) is 0 Å². The van der Waals surface area contributed by atoms with E-state index in [9.17, 15) is 43.2 Å². The molecule has 0 aromatic heterocycles. The summed E-state index contributed by atoms with van der Waals surface area (Å²) in [6.07, 6.45) is 69.6. The molecule has 0 aromatic carbocycles. The molecule has 0 aliphatic rings. The molecule has 2 unspecified atom stereocenters. The smallest absolute Gasteiger partial charge is 0.462 e. The van der Waals surface area contributed by atoms with Crippen LogP contribution < -0.4 is 0 Å². The third-order valence-corrected chi connectivity index (χ3v) is 22.1. The van der Waals surface area contributed by atoms with Gasteiger partial charge in [0, 0.05) is 25.7 Å². The molecule has 0 aliphatic carbocycles. The van der Waals surface area contributed by atoms with E-state index >= 15 is 0 Å². The number of hydrogen-bond donors (Lipinski definition) is 3. The van der Waals surface area contributed by atoms with E-state index in [-0.39, 0.29) is 25.7 Å². The molecule has 105 heavy (non-hydrogen) atoms. The Balaban J connectivity index is 5.19. The van der Waals surface area contributed by atoms with E-state index in [1.165, 1.54) is 270 Å². The van der Waals surface area contributed by atoms with Gasteiger partial charge >= 0.3 is 39.5 Å². The van der Waals surface area contributed by atoms with Crippen LogP contribution in [-0.2, 0) is 65.4 Å². The third kappa shape index (κ3) is 79.9. The lowest BCUT2D eigenvalue weighted by Crippen LogP contribution is -2.30. The molecule has 0 spiro atoms. The first-order valence-electron chi connectivity index (χ1n) is 44.5. The van der Waals surface area contributed by atoms with Gasteiger partial charge in [-0.1, -0.05) is 408 Å². The van der Waals surface area contributed by atoms with Crippen molar-refractivity contribution in [2.45, 2.75) is 477 Å². The Bertz CT molecular complexity index is 2010. The van der Waals surface area contributed by atoms with Gasteiger partial charge in [-0.15, -0.1) is 0 Å². The molecule has 0 aromatic rings. The summed E-state index contributed by atoms with van der Waals surface area (Å²) in [5.41, 5.74) is 0. The molecule has 0 saturated carbocycles. The molecule has 624 valence electrons. The van der Waals surface area contributed by atoms with Crippen LogP contribution in [0.25, 0.3) is 0 Å². The SMILES string of the molecule is CCCCCCCCCCCCCCCCCCCCCCCC(=O)O[C@H](COC(=O)CCCCCCCCCCCCCCCCCCC(C)C)COP(=O)(O)OC[C@@H](O)COP(=O)(O)OC[C@@H](COC(=O)CCCCCCCCCC)OC(=O)CCCCCCCCCCCCCCCCC(C)C. The van der Waals surface area contributed by atoms with Gasteiger partial charge in [-0.05, 0) is 37.5 Å². The van der Waals surface area contributed by atoms with Crippen LogP contribution in [0.5, 0.6) is 0 Å². The number of aliphatic hydroxyl groups excluding tert-OH is 1. The Morgan fingerprint density at radius 2 is 0.438 bits per heavy atom. The van der Waals surface area contributed by atoms with Crippen LogP contribution in [-0.4, -0.2) is 96.7 Å². The summed E-state index contributed by atoms with van der Waals surface area (Å²) < 4.78 is 68.8. The molecule has 0 saturated heterocycles. The molecule has 0 bridgehead atoms. The molecule has 5 atom stereocenters. The van der Waals surface area contributed by atoms with Gasteiger partial charge in [0.2, 0.25) is 0 Å². The summed E-state index contributed by atoms with van der Waals surface area (Å²) in [5.74, 6) is -0.497. The molecular weight excluding hydrogens is 1370 g/mol. The average molecular weight is 1540 g/mol. The predicted octanol–water partition coefficient (Wildman–Crippen LogP) is 26.2. The summed E-state index contributed by atoms with van der Waals surface area (Å²) >= 11 is 0. The largest absolute Gasteiger partial charge is 0.472 e. The van der Waals surface area contributed by atoms with E-state index in [2.05, 4.69) is 41.5 Å². The van der Waals surface area contributed by atoms with E-state index in [0.29, 0.717) is 25.7 Å². The zero-order chi connectivity index (χ0) is 77.1. The number of esters is 4. The highest BCUT2D eigenvalue weighted by atomic mass is 31.2. The number of phosphoric ester groups is 2. The standard InChI is InChI=1S/C86H168O17P2/c1-7-9-11-13-15-17-18-19-20-21-22-23-24-25-30-36-41-46-52-58-64-70-86(91)103-82(75-97-84(89)69-63-57-51-45-40-35-29-27-26-28-33-38-43-48-54-60-66-78(3)4)77-101-105(94,95)99-73-80(87)72-98-104(92,93)100-76-81(74-96-83(88)68-62-56-50-16-14-12-10-8-2)102-85(90)71-65-59-53-47-42-37-32-31-34-39-44-49-55-61-67-79(5)6/h78-82,87H,7-77H2,1-6H3,(H,92,93)(H,94,95)/t80-,81+,82+/m0/s1. The number of hydrogen-bond acceptors (Lipinski definition) is 15. The molecule has 0 radical (unpaired) electrons. The van der Waals surface area contributed by atoms with Crippen molar-refractivity contribution in [2.75, 3.05) is 39.6 Å². The van der Waals surface area contributed by atoms with Gasteiger partial charge in [-0.3, -0.25) is 37.3 Å². The van der Waals surface area contributed by atoms with E-state index in [1.54, 1.807) is 0 Å². The number of unbranched alkanes of at least 4 members (excludes halogenated alkanes) is 55. The lowest BCUT2D eigenvalue weighted by molar-refractivity contribution is -0.161. The summed E-state index contributed by atoms with van der Waals surface area (Å²) in [7, 11) is -9.92. The molecule has 0 fully saturated rings. The van der Waals surface area contributed by atoms with E-state index < -0.39 is 97.5 Å². The molecule has 17 nitrogen and oxygen atoms in total. The highest BCUT2D eigenvalue weighted by molar-refractivity contribution is 7.47. The first-order valence-corrected chi connectivity index (χ1v) is 47.5. The summed E-state index contributed by atoms with van der Waals surface area (Å²) in [6.45, 7) is 9.69. The monoisotopic (exact) mass is 1540 g/mol. The Labute approximate surface area is 645 Å². The topological polar surface area (TPSA) is 237 Å². The third-order valence-electron chi connectivity index (χ3n) is 20.2. The summed E-state index contributed by atoms with van der Waals surface area (Å²) in [6, 6.07) is 0. The second kappa shape index (κ2) is 77.4. The van der Waals surface area contributed by atoms with E-state index in [4.69, 9.17) is 37.0 Å². The van der Waals surface area contributed by atoms with Gasteiger partial charge < -0.3 is 33.8 Å². The van der Waals surface area contributed by atoms with Gasteiger partial charge in [0.15, 0.2) is 12.2 Å². The lowest BCUT2D eigenvalue weighted by Gasteiger charge is -2.21. The normalized spacial score (nSPS) is 13.8. The quantitative estimate of drug-likeness (QED) is 0.0222. The van der Waals surface area contributed by atoms with Crippen molar-refractivity contribution in [3.05, 3.63) is 0 Å². The van der Waals surface area contributed by atoms with Crippen molar-refractivity contribution in [1.82, 2.24) is 0 Å². The van der Waals surface area contributed by atoms with Crippen LogP contribution in [0.4, 0.5) is 0 Å². The average Bonchev–Trinajstić information content (AvgIpc) is 0.917. The molecule has 0 amide bonds. The first-order chi connectivity index (χ1) is 50.9. The Kier molecular flexibility index (Phi) is 76.0. The molecular formula is C86H168O17P2. The van der Waals surface area contributed by atoms with Crippen LogP contribution in [0.2, 0.25) is 0 Å². The van der Waals surface area contributed by atoms with Crippen molar-refractivity contribution in [3.8, 4) is 0 Å². The van der Waals surface area contributed by atoms with Crippen LogP contribution in [0.3, 0.4) is 0 Å². The summed E-state index contributed by atoms with van der Waals surface area (Å²) in [4.78, 5) is 73.1. The minimum absolute atomic E-state index is 0.108. The maximum atomic E-state index is 13.1. The minimum Gasteiger partial charge on any atom is -0.462 e. The number of rotatable bonds is 85. The van der Waals surface area contributed by atoms with E-state index in [0.717, 1.165) is 108 Å².